The van der Waals surface area contributed by atoms with Gasteiger partial charge in [-0.3, -0.25) is 9.69 Å². The number of fused-ring (bicyclic) bond motifs is 1. The topological polar surface area (TPSA) is 69.7 Å². The molecule has 0 bridgehead atoms. The number of anilines is 1. The number of carbonyl (C=O) groups is 1. The van der Waals surface area contributed by atoms with Crippen molar-refractivity contribution in [1.82, 2.24) is 9.21 Å². The van der Waals surface area contributed by atoms with Gasteiger partial charge >= 0.3 is 0 Å². The van der Waals surface area contributed by atoms with E-state index in [-0.39, 0.29) is 12.5 Å². The van der Waals surface area contributed by atoms with Gasteiger partial charge in [0, 0.05) is 31.9 Å². The number of amides is 1. The standard InChI is InChI=1S/C21H24FN3O3S/c22-18-5-2-6-19(14-18)23-21(26)15-24-9-11-25(12-10-24)29(27,28)20-8-7-16-3-1-4-17(16)13-20/h2,5-8,13-14H,1,3-4,9-12,15H2,(H,23,26). The highest BCUT2D eigenvalue weighted by atomic mass is 32.2. The van der Waals surface area contributed by atoms with Crippen molar-refractivity contribution in [2.45, 2.75) is 24.2 Å². The van der Waals surface area contributed by atoms with Crippen molar-refractivity contribution < 1.29 is 17.6 Å². The van der Waals surface area contributed by atoms with Crippen LogP contribution in [-0.2, 0) is 27.7 Å². The van der Waals surface area contributed by atoms with Crippen molar-refractivity contribution in [2.24, 2.45) is 0 Å². The minimum absolute atomic E-state index is 0.142. The third kappa shape index (κ3) is 4.49. The molecule has 0 radical (unpaired) electrons. The number of nitrogens with one attached hydrogen (secondary N) is 1. The van der Waals surface area contributed by atoms with E-state index in [9.17, 15) is 17.6 Å². The molecule has 2 aromatic carbocycles. The minimum atomic E-state index is -3.52. The van der Waals surface area contributed by atoms with Gasteiger partial charge in [0.05, 0.1) is 11.4 Å². The number of aryl methyl sites for hydroxylation is 2. The zero-order valence-electron chi connectivity index (χ0n) is 16.1. The number of carbonyl (C=O) groups excluding carboxylic acids is 1. The number of rotatable bonds is 5. The summed E-state index contributed by atoms with van der Waals surface area (Å²) in [5.74, 6) is -0.654. The summed E-state index contributed by atoms with van der Waals surface area (Å²) in [6, 6.07) is 11.2. The van der Waals surface area contributed by atoms with E-state index in [1.807, 2.05) is 17.0 Å². The molecule has 8 heteroatoms. The summed E-state index contributed by atoms with van der Waals surface area (Å²) in [5, 5.41) is 2.67. The molecule has 1 N–H and O–H groups in total. The first kappa shape index (κ1) is 20.0. The molecule has 1 aliphatic heterocycles. The highest BCUT2D eigenvalue weighted by Crippen LogP contribution is 2.26. The second kappa shape index (κ2) is 8.22. The fraction of sp³-hybridized carbons (Fsp3) is 0.381. The summed E-state index contributed by atoms with van der Waals surface area (Å²) in [5.41, 5.74) is 2.80. The van der Waals surface area contributed by atoms with Gasteiger partial charge in [0.1, 0.15) is 5.82 Å². The van der Waals surface area contributed by atoms with Crippen molar-refractivity contribution in [1.29, 1.82) is 0 Å². The molecule has 29 heavy (non-hydrogen) atoms. The van der Waals surface area contributed by atoms with E-state index in [2.05, 4.69) is 5.32 Å². The summed E-state index contributed by atoms with van der Waals surface area (Å²) in [6.07, 6.45) is 3.04. The van der Waals surface area contributed by atoms with E-state index in [0.29, 0.717) is 36.8 Å². The lowest BCUT2D eigenvalue weighted by molar-refractivity contribution is -0.117. The largest absolute Gasteiger partial charge is 0.325 e. The maximum atomic E-state index is 13.2. The number of hydrogen-bond donors (Lipinski definition) is 1. The van der Waals surface area contributed by atoms with Crippen LogP contribution in [0.1, 0.15) is 17.5 Å². The molecule has 1 amide bonds. The zero-order chi connectivity index (χ0) is 20.4. The van der Waals surface area contributed by atoms with Gasteiger partial charge in [-0.05, 0) is 60.7 Å². The van der Waals surface area contributed by atoms with Gasteiger partial charge in [0.15, 0.2) is 0 Å². The molecule has 4 rings (SSSR count). The van der Waals surface area contributed by atoms with Gasteiger partial charge in [-0.1, -0.05) is 12.1 Å². The number of hydrogen-bond acceptors (Lipinski definition) is 4. The Morgan fingerprint density at radius 3 is 2.52 bits per heavy atom. The zero-order valence-corrected chi connectivity index (χ0v) is 16.9. The van der Waals surface area contributed by atoms with Crippen LogP contribution in [0.2, 0.25) is 0 Å². The second-order valence-corrected chi connectivity index (χ2v) is 9.46. The second-order valence-electron chi connectivity index (χ2n) is 7.52. The van der Waals surface area contributed by atoms with Crippen LogP contribution in [0.4, 0.5) is 10.1 Å². The number of piperazine rings is 1. The Balaban J connectivity index is 1.33. The fourth-order valence-electron chi connectivity index (χ4n) is 3.96. The molecular formula is C21H24FN3O3S. The van der Waals surface area contributed by atoms with E-state index in [4.69, 9.17) is 0 Å². The Labute approximate surface area is 170 Å². The van der Waals surface area contributed by atoms with E-state index < -0.39 is 15.8 Å². The van der Waals surface area contributed by atoms with Gasteiger partial charge in [0.2, 0.25) is 15.9 Å². The Kier molecular flexibility index (Phi) is 5.67. The predicted octanol–water partition coefficient (Wildman–Crippen LogP) is 2.26. The van der Waals surface area contributed by atoms with Gasteiger partial charge in [-0.15, -0.1) is 0 Å². The van der Waals surface area contributed by atoms with Crippen LogP contribution in [0.25, 0.3) is 0 Å². The van der Waals surface area contributed by atoms with Gasteiger partial charge < -0.3 is 5.32 Å². The molecule has 2 aromatic rings. The molecule has 0 atom stereocenters. The Bertz CT molecular complexity index is 1020. The molecule has 154 valence electrons. The summed E-state index contributed by atoms with van der Waals surface area (Å²) in [6.45, 7) is 1.77. The molecule has 1 saturated heterocycles. The van der Waals surface area contributed by atoms with E-state index >= 15 is 0 Å². The molecule has 0 saturated carbocycles. The smallest absolute Gasteiger partial charge is 0.243 e. The average Bonchev–Trinajstić information content (AvgIpc) is 3.16. The molecule has 1 fully saturated rings. The fourth-order valence-corrected chi connectivity index (χ4v) is 5.43. The number of sulfonamides is 1. The first-order chi connectivity index (χ1) is 13.9. The summed E-state index contributed by atoms with van der Waals surface area (Å²) in [7, 11) is -3.52. The van der Waals surface area contributed by atoms with Crippen LogP contribution < -0.4 is 5.32 Å². The molecule has 1 aliphatic carbocycles. The highest BCUT2D eigenvalue weighted by Gasteiger charge is 2.29. The summed E-state index contributed by atoms with van der Waals surface area (Å²) >= 11 is 0. The lowest BCUT2D eigenvalue weighted by Crippen LogP contribution is -2.50. The number of halogens is 1. The van der Waals surface area contributed by atoms with Crippen LogP contribution in [-0.4, -0.2) is 56.3 Å². The first-order valence-corrected chi connectivity index (χ1v) is 11.3. The van der Waals surface area contributed by atoms with Crippen LogP contribution in [0.15, 0.2) is 47.4 Å². The van der Waals surface area contributed by atoms with E-state index in [0.717, 1.165) is 24.8 Å². The molecule has 6 nitrogen and oxygen atoms in total. The molecule has 1 heterocycles. The molecule has 0 unspecified atom stereocenters. The van der Waals surface area contributed by atoms with Crippen LogP contribution in [0.5, 0.6) is 0 Å². The number of nitrogens with zero attached hydrogens (tertiary/aromatic N) is 2. The maximum absolute atomic E-state index is 13.2. The normalized spacial score (nSPS) is 17.8. The van der Waals surface area contributed by atoms with Gasteiger partial charge in [-0.2, -0.15) is 4.31 Å². The van der Waals surface area contributed by atoms with Gasteiger partial charge in [-0.25, -0.2) is 12.8 Å². The van der Waals surface area contributed by atoms with Crippen LogP contribution >= 0.6 is 0 Å². The number of benzene rings is 2. The Morgan fingerprint density at radius 1 is 1.00 bits per heavy atom. The third-order valence-corrected chi connectivity index (χ3v) is 7.41. The van der Waals surface area contributed by atoms with E-state index in [1.54, 1.807) is 12.1 Å². The van der Waals surface area contributed by atoms with Crippen molar-refractivity contribution in [3.05, 3.63) is 59.4 Å². The molecule has 2 aliphatic rings. The third-order valence-electron chi connectivity index (χ3n) is 5.51. The van der Waals surface area contributed by atoms with Crippen molar-refractivity contribution in [3.63, 3.8) is 0 Å². The van der Waals surface area contributed by atoms with Crippen molar-refractivity contribution in [3.8, 4) is 0 Å². The summed E-state index contributed by atoms with van der Waals surface area (Å²) < 4.78 is 40.7. The highest BCUT2D eigenvalue weighted by molar-refractivity contribution is 7.89. The van der Waals surface area contributed by atoms with Crippen molar-refractivity contribution in [2.75, 3.05) is 38.0 Å². The average molecular weight is 418 g/mol. The lowest BCUT2D eigenvalue weighted by atomic mass is 10.1. The SMILES string of the molecule is O=C(CN1CCN(S(=O)(=O)c2ccc3c(c2)CCC3)CC1)Nc1cccc(F)c1. The monoisotopic (exact) mass is 417 g/mol. The van der Waals surface area contributed by atoms with Gasteiger partial charge in [0.25, 0.3) is 0 Å². The quantitative estimate of drug-likeness (QED) is 0.810. The molecule has 0 spiro atoms. The molecule has 0 aromatic heterocycles. The van der Waals surface area contributed by atoms with Crippen LogP contribution in [0.3, 0.4) is 0 Å². The van der Waals surface area contributed by atoms with Crippen LogP contribution in [0, 0.1) is 5.82 Å². The Morgan fingerprint density at radius 2 is 1.76 bits per heavy atom. The first-order valence-electron chi connectivity index (χ1n) is 9.81. The van der Waals surface area contributed by atoms with Crippen molar-refractivity contribution >= 4 is 21.6 Å². The van der Waals surface area contributed by atoms with E-state index in [1.165, 1.54) is 28.1 Å². The predicted molar refractivity (Wildman–Crippen MR) is 109 cm³/mol. The maximum Gasteiger partial charge on any atom is 0.243 e. The summed E-state index contributed by atoms with van der Waals surface area (Å²) in [4.78, 5) is 14.5. The molecular weight excluding hydrogens is 393 g/mol. The minimum Gasteiger partial charge on any atom is -0.325 e. The Hall–Kier alpha value is -2.29. The lowest BCUT2D eigenvalue weighted by Gasteiger charge is -2.33.